The summed E-state index contributed by atoms with van der Waals surface area (Å²) in [6.45, 7) is 4.43. The van der Waals surface area contributed by atoms with Crippen molar-refractivity contribution in [3.63, 3.8) is 0 Å². The summed E-state index contributed by atoms with van der Waals surface area (Å²) < 4.78 is 6.84. The lowest BCUT2D eigenvalue weighted by atomic mass is 10.0. The predicted molar refractivity (Wildman–Crippen MR) is 138 cm³/mol. The molecule has 1 N–H and O–H groups in total. The summed E-state index contributed by atoms with van der Waals surface area (Å²) in [5.41, 5.74) is 4.33. The van der Waals surface area contributed by atoms with E-state index in [9.17, 15) is 10.1 Å². The van der Waals surface area contributed by atoms with Crippen LogP contribution in [0.15, 0.2) is 70.7 Å². The number of nitrogens with zero attached hydrogens (tertiary/aromatic N) is 1. The number of carbonyl (C=O) groups is 1. The highest BCUT2D eigenvalue weighted by atomic mass is 79.9. The Hall–Kier alpha value is -3.07. The fraction of sp³-hybridized carbons (Fsp3) is 0.185. The number of anilines is 1. The maximum atomic E-state index is 12.7. The number of hydrogen-bond donors (Lipinski definition) is 1. The first-order chi connectivity index (χ1) is 15.9. The van der Waals surface area contributed by atoms with Crippen LogP contribution in [0.5, 0.6) is 5.75 Å². The van der Waals surface area contributed by atoms with Gasteiger partial charge in [-0.05, 0) is 66.4 Å². The van der Waals surface area contributed by atoms with Crippen molar-refractivity contribution in [3.8, 4) is 11.8 Å². The van der Waals surface area contributed by atoms with Gasteiger partial charge in [0.1, 0.15) is 17.4 Å². The van der Waals surface area contributed by atoms with Crippen LogP contribution in [-0.2, 0) is 17.6 Å². The number of amides is 1. The Morgan fingerprint density at radius 2 is 1.88 bits per heavy atom. The summed E-state index contributed by atoms with van der Waals surface area (Å²) in [7, 11) is 0. The van der Waals surface area contributed by atoms with Gasteiger partial charge < -0.3 is 10.1 Å². The average molecular weight is 524 g/mol. The highest BCUT2D eigenvalue weighted by molar-refractivity contribution is 9.10. The first-order valence-corrected chi connectivity index (χ1v) is 11.8. The lowest BCUT2D eigenvalue weighted by Gasteiger charge is -2.14. The normalized spacial score (nSPS) is 11.1. The molecule has 0 heterocycles. The van der Waals surface area contributed by atoms with Gasteiger partial charge in [-0.1, -0.05) is 64.8 Å². The van der Waals surface area contributed by atoms with Crippen molar-refractivity contribution in [2.24, 2.45) is 0 Å². The number of aryl methyl sites for hydroxylation is 1. The monoisotopic (exact) mass is 522 g/mol. The third kappa shape index (κ3) is 6.47. The van der Waals surface area contributed by atoms with Gasteiger partial charge in [0, 0.05) is 27.2 Å². The quantitative estimate of drug-likeness (QED) is 0.251. The largest absolute Gasteiger partial charge is 0.494 e. The number of ether oxygens (including phenoxy) is 1. The number of halogens is 2. The first kappa shape index (κ1) is 24.6. The highest BCUT2D eigenvalue weighted by Crippen LogP contribution is 2.33. The second kappa shape index (κ2) is 11.7. The molecular weight excluding hydrogens is 500 g/mol. The Bertz CT molecular complexity index is 1210. The van der Waals surface area contributed by atoms with Gasteiger partial charge in [0.15, 0.2) is 0 Å². The Morgan fingerprint density at radius 1 is 1.15 bits per heavy atom. The topological polar surface area (TPSA) is 62.1 Å². The van der Waals surface area contributed by atoms with Crippen LogP contribution in [0.1, 0.15) is 36.1 Å². The second-order valence-corrected chi connectivity index (χ2v) is 8.62. The zero-order chi connectivity index (χ0) is 23.8. The molecule has 0 atom stereocenters. The Kier molecular flexibility index (Phi) is 8.71. The van der Waals surface area contributed by atoms with Crippen LogP contribution in [0.4, 0.5) is 5.69 Å². The Balaban J connectivity index is 1.89. The molecule has 0 saturated carbocycles. The zero-order valence-electron chi connectivity index (χ0n) is 18.5. The minimum atomic E-state index is -0.479. The van der Waals surface area contributed by atoms with Crippen LogP contribution in [-0.4, -0.2) is 12.5 Å². The molecule has 0 unspecified atom stereocenters. The number of carbonyl (C=O) groups excluding carboxylic acids is 1. The third-order valence-electron chi connectivity index (χ3n) is 5.10. The molecule has 0 bridgehead atoms. The van der Waals surface area contributed by atoms with E-state index in [2.05, 4.69) is 28.2 Å². The van der Waals surface area contributed by atoms with Gasteiger partial charge in [-0.3, -0.25) is 4.79 Å². The van der Waals surface area contributed by atoms with Gasteiger partial charge in [-0.25, -0.2) is 0 Å². The number of nitrogens with one attached hydrogen (secondary N) is 1. The van der Waals surface area contributed by atoms with E-state index in [0.717, 1.165) is 22.0 Å². The second-order valence-electron chi connectivity index (χ2n) is 7.36. The zero-order valence-corrected chi connectivity index (χ0v) is 20.8. The van der Waals surface area contributed by atoms with E-state index in [1.807, 2.05) is 67.6 Å². The van der Waals surface area contributed by atoms with Gasteiger partial charge in [0.05, 0.1) is 6.61 Å². The van der Waals surface area contributed by atoms with Gasteiger partial charge in [-0.15, -0.1) is 0 Å². The molecule has 0 aliphatic rings. The molecule has 4 nitrogen and oxygen atoms in total. The van der Waals surface area contributed by atoms with E-state index in [1.165, 1.54) is 11.6 Å². The summed E-state index contributed by atoms with van der Waals surface area (Å²) in [5, 5.41) is 12.9. The molecule has 0 spiro atoms. The van der Waals surface area contributed by atoms with Crippen LogP contribution in [0.25, 0.3) is 6.08 Å². The summed E-state index contributed by atoms with van der Waals surface area (Å²) in [6, 6.07) is 21.0. The summed E-state index contributed by atoms with van der Waals surface area (Å²) in [6.07, 6.45) is 3.02. The molecular formula is C27H24BrClN2O2. The van der Waals surface area contributed by atoms with Crippen LogP contribution in [0.2, 0.25) is 5.02 Å². The van der Waals surface area contributed by atoms with Gasteiger partial charge in [0.2, 0.25) is 0 Å². The number of rotatable bonds is 8. The SMILES string of the molecule is CCOc1cc(/C=C(\C#N)C(=O)Nc2ccc(CC)cc2)cc(Cl)c1Cc1ccccc1Br. The number of nitriles is 1. The van der Waals surface area contributed by atoms with E-state index in [4.69, 9.17) is 16.3 Å². The molecule has 168 valence electrons. The summed E-state index contributed by atoms with van der Waals surface area (Å²) in [4.78, 5) is 12.7. The van der Waals surface area contributed by atoms with E-state index in [-0.39, 0.29) is 5.57 Å². The molecule has 0 saturated heterocycles. The van der Waals surface area contributed by atoms with Crippen molar-refractivity contribution in [1.82, 2.24) is 0 Å². The number of benzene rings is 3. The van der Waals surface area contributed by atoms with Crippen molar-refractivity contribution in [2.75, 3.05) is 11.9 Å². The van der Waals surface area contributed by atoms with Crippen molar-refractivity contribution in [2.45, 2.75) is 26.7 Å². The van der Waals surface area contributed by atoms with Crippen LogP contribution < -0.4 is 10.1 Å². The first-order valence-electron chi connectivity index (χ1n) is 10.7. The smallest absolute Gasteiger partial charge is 0.266 e. The third-order valence-corrected chi connectivity index (χ3v) is 6.21. The molecule has 0 aliphatic heterocycles. The van der Waals surface area contributed by atoms with Gasteiger partial charge >= 0.3 is 0 Å². The molecule has 0 radical (unpaired) electrons. The molecule has 3 rings (SSSR count). The molecule has 33 heavy (non-hydrogen) atoms. The molecule has 6 heteroatoms. The minimum absolute atomic E-state index is 0.0216. The van der Waals surface area contributed by atoms with E-state index >= 15 is 0 Å². The lowest BCUT2D eigenvalue weighted by Crippen LogP contribution is -2.13. The highest BCUT2D eigenvalue weighted by Gasteiger charge is 2.15. The van der Waals surface area contributed by atoms with Crippen molar-refractivity contribution in [1.29, 1.82) is 5.26 Å². The number of hydrogen-bond acceptors (Lipinski definition) is 3. The fourth-order valence-corrected chi connectivity index (χ4v) is 4.05. The fourth-order valence-electron chi connectivity index (χ4n) is 3.34. The summed E-state index contributed by atoms with van der Waals surface area (Å²) in [5.74, 6) is 0.146. The Labute approximate surface area is 208 Å². The lowest BCUT2D eigenvalue weighted by molar-refractivity contribution is -0.112. The van der Waals surface area contributed by atoms with Gasteiger partial charge in [0.25, 0.3) is 5.91 Å². The summed E-state index contributed by atoms with van der Waals surface area (Å²) >= 11 is 10.2. The minimum Gasteiger partial charge on any atom is -0.494 e. The Morgan fingerprint density at radius 3 is 2.52 bits per heavy atom. The van der Waals surface area contributed by atoms with Crippen molar-refractivity contribution >= 4 is 45.2 Å². The molecule has 0 aromatic heterocycles. The van der Waals surface area contributed by atoms with Crippen LogP contribution in [0.3, 0.4) is 0 Å². The van der Waals surface area contributed by atoms with E-state index in [1.54, 1.807) is 6.07 Å². The average Bonchev–Trinajstić information content (AvgIpc) is 2.81. The maximum absolute atomic E-state index is 12.7. The van der Waals surface area contributed by atoms with Crippen LogP contribution >= 0.6 is 27.5 Å². The molecule has 1 amide bonds. The van der Waals surface area contributed by atoms with Crippen molar-refractivity contribution < 1.29 is 9.53 Å². The maximum Gasteiger partial charge on any atom is 0.266 e. The van der Waals surface area contributed by atoms with Gasteiger partial charge in [-0.2, -0.15) is 5.26 Å². The van der Waals surface area contributed by atoms with Crippen LogP contribution in [0, 0.1) is 11.3 Å². The molecule has 3 aromatic rings. The molecule has 0 fully saturated rings. The molecule has 3 aromatic carbocycles. The van der Waals surface area contributed by atoms with E-state index in [0.29, 0.717) is 35.1 Å². The predicted octanol–water partition coefficient (Wildman–Crippen LogP) is 7.20. The standard InChI is InChI=1S/C27H24BrClN2O2/c1-3-18-9-11-22(12-10-18)31-27(32)21(17-30)13-19-14-25(29)23(26(15-19)33-4-2)16-20-7-5-6-8-24(20)28/h5-15H,3-4,16H2,1-2H3,(H,31,32)/b21-13+. The van der Waals surface area contributed by atoms with Crippen molar-refractivity contribution in [3.05, 3.63) is 98.0 Å². The van der Waals surface area contributed by atoms with E-state index < -0.39 is 5.91 Å². The molecule has 0 aliphatic carbocycles.